The molecule has 1 atom stereocenters. The van der Waals surface area contributed by atoms with Crippen molar-refractivity contribution in [2.24, 2.45) is 0 Å². The Morgan fingerprint density at radius 2 is 2.28 bits per heavy atom. The largest absolute Gasteiger partial charge is 0.493 e. The van der Waals surface area contributed by atoms with E-state index in [9.17, 15) is 0 Å². The smallest absolute Gasteiger partial charge is 0.163 e. The molecular formula is C13H15N3O2. The van der Waals surface area contributed by atoms with Crippen molar-refractivity contribution in [3.63, 3.8) is 0 Å². The van der Waals surface area contributed by atoms with Gasteiger partial charge in [-0.05, 0) is 19.0 Å². The summed E-state index contributed by atoms with van der Waals surface area (Å²) in [5, 5.41) is 4.23. The highest BCUT2D eigenvalue weighted by Crippen LogP contribution is 2.32. The minimum Gasteiger partial charge on any atom is -0.493 e. The second kappa shape index (κ2) is 4.78. The number of benzene rings is 1. The van der Waals surface area contributed by atoms with Gasteiger partial charge in [0.15, 0.2) is 11.5 Å². The van der Waals surface area contributed by atoms with Gasteiger partial charge in [-0.3, -0.25) is 0 Å². The quantitative estimate of drug-likeness (QED) is 0.885. The highest BCUT2D eigenvalue weighted by Gasteiger charge is 2.18. The van der Waals surface area contributed by atoms with Crippen LogP contribution in [0, 0.1) is 0 Å². The third-order valence-electron chi connectivity index (χ3n) is 3.10. The summed E-state index contributed by atoms with van der Waals surface area (Å²) in [5.74, 6) is 1.47. The number of hydrogen-bond acceptors (Lipinski definition) is 5. The molecule has 5 nitrogen and oxygen atoms in total. The maximum atomic E-state index is 5.96. The Morgan fingerprint density at radius 1 is 1.33 bits per heavy atom. The van der Waals surface area contributed by atoms with Gasteiger partial charge in [0.25, 0.3) is 0 Å². The molecule has 0 amide bonds. The van der Waals surface area contributed by atoms with E-state index in [0.29, 0.717) is 0 Å². The maximum absolute atomic E-state index is 5.96. The molecule has 1 N–H and O–H groups in total. The van der Waals surface area contributed by atoms with Crippen LogP contribution in [0.3, 0.4) is 0 Å². The van der Waals surface area contributed by atoms with Crippen LogP contribution < -0.4 is 14.8 Å². The zero-order chi connectivity index (χ0) is 12.4. The van der Waals surface area contributed by atoms with Gasteiger partial charge in [-0.25, -0.2) is 9.97 Å². The monoisotopic (exact) mass is 245 g/mol. The van der Waals surface area contributed by atoms with Crippen molar-refractivity contribution in [2.45, 2.75) is 12.5 Å². The zero-order valence-electron chi connectivity index (χ0n) is 10.2. The van der Waals surface area contributed by atoms with Crippen molar-refractivity contribution >= 4 is 10.9 Å². The van der Waals surface area contributed by atoms with Gasteiger partial charge in [0.2, 0.25) is 0 Å². The number of fused-ring (bicyclic) bond motifs is 1. The van der Waals surface area contributed by atoms with Crippen LogP contribution in [0.1, 0.15) is 6.42 Å². The SMILES string of the molecule is COc1cc2cncnc2cc1OC1CCNC1. The van der Waals surface area contributed by atoms with Gasteiger partial charge >= 0.3 is 0 Å². The van der Waals surface area contributed by atoms with Gasteiger partial charge in [-0.15, -0.1) is 0 Å². The molecule has 1 aromatic heterocycles. The van der Waals surface area contributed by atoms with E-state index in [2.05, 4.69) is 15.3 Å². The summed E-state index contributed by atoms with van der Waals surface area (Å²) in [6, 6.07) is 3.82. The van der Waals surface area contributed by atoms with Crippen LogP contribution in [0.25, 0.3) is 10.9 Å². The highest BCUT2D eigenvalue weighted by atomic mass is 16.5. The number of methoxy groups -OCH3 is 1. The van der Waals surface area contributed by atoms with E-state index < -0.39 is 0 Å². The molecule has 1 aromatic carbocycles. The average molecular weight is 245 g/mol. The predicted octanol–water partition coefficient (Wildman–Crippen LogP) is 1.38. The molecule has 1 fully saturated rings. The second-order valence-corrected chi connectivity index (χ2v) is 4.32. The lowest BCUT2D eigenvalue weighted by atomic mass is 10.2. The number of nitrogens with zero attached hydrogens (tertiary/aromatic N) is 2. The van der Waals surface area contributed by atoms with Crippen molar-refractivity contribution in [3.05, 3.63) is 24.7 Å². The minimum atomic E-state index is 0.207. The number of nitrogens with one attached hydrogen (secondary N) is 1. The van der Waals surface area contributed by atoms with E-state index in [1.54, 1.807) is 13.3 Å². The summed E-state index contributed by atoms with van der Waals surface area (Å²) in [5.41, 5.74) is 0.867. The van der Waals surface area contributed by atoms with E-state index in [4.69, 9.17) is 9.47 Å². The molecule has 1 aliphatic heterocycles. The van der Waals surface area contributed by atoms with Crippen molar-refractivity contribution < 1.29 is 9.47 Å². The summed E-state index contributed by atoms with van der Waals surface area (Å²) in [4.78, 5) is 8.23. The number of rotatable bonds is 3. The lowest BCUT2D eigenvalue weighted by Crippen LogP contribution is -2.19. The van der Waals surface area contributed by atoms with Crippen LogP contribution >= 0.6 is 0 Å². The maximum Gasteiger partial charge on any atom is 0.163 e. The molecule has 1 saturated heterocycles. The molecule has 0 saturated carbocycles. The van der Waals surface area contributed by atoms with Crippen LogP contribution in [0.2, 0.25) is 0 Å². The summed E-state index contributed by atoms with van der Waals surface area (Å²) in [6.45, 7) is 1.88. The lowest BCUT2D eigenvalue weighted by Gasteiger charge is -2.15. The summed E-state index contributed by atoms with van der Waals surface area (Å²) >= 11 is 0. The molecule has 2 aromatic rings. The van der Waals surface area contributed by atoms with E-state index in [-0.39, 0.29) is 6.10 Å². The van der Waals surface area contributed by atoms with Gasteiger partial charge in [0, 0.05) is 24.2 Å². The molecule has 2 heterocycles. The molecule has 3 rings (SSSR count). The Morgan fingerprint density at radius 3 is 3.06 bits per heavy atom. The first-order chi connectivity index (χ1) is 8.86. The van der Waals surface area contributed by atoms with Gasteiger partial charge in [0.05, 0.1) is 12.6 Å². The summed E-state index contributed by atoms with van der Waals surface area (Å²) < 4.78 is 11.3. The molecule has 18 heavy (non-hydrogen) atoms. The lowest BCUT2D eigenvalue weighted by molar-refractivity contribution is 0.213. The molecule has 5 heteroatoms. The van der Waals surface area contributed by atoms with E-state index in [1.165, 1.54) is 6.33 Å². The summed E-state index contributed by atoms with van der Waals surface area (Å²) in [6.07, 6.45) is 4.53. The fourth-order valence-electron chi connectivity index (χ4n) is 2.15. The van der Waals surface area contributed by atoms with Gasteiger partial charge in [0.1, 0.15) is 12.4 Å². The van der Waals surface area contributed by atoms with Crippen LogP contribution in [-0.4, -0.2) is 36.3 Å². The Kier molecular flexibility index (Phi) is 2.98. The van der Waals surface area contributed by atoms with Gasteiger partial charge in [-0.2, -0.15) is 0 Å². The van der Waals surface area contributed by atoms with Crippen LogP contribution in [0.15, 0.2) is 24.7 Å². The van der Waals surface area contributed by atoms with Crippen LogP contribution in [0.5, 0.6) is 11.5 Å². The topological polar surface area (TPSA) is 56.3 Å². The Labute approximate surface area is 105 Å². The Balaban J connectivity index is 1.97. The normalized spacial score (nSPS) is 19.1. The van der Waals surface area contributed by atoms with Crippen molar-refractivity contribution in [1.29, 1.82) is 0 Å². The third-order valence-corrected chi connectivity index (χ3v) is 3.10. The van der Waals surface area contributed by atoms with Crippen molar-refractivity contribution in [3.8, 4) is 11.5 Å². The van der Waals surface area contributed by atoms with Gasteiger partial charge < -0.3 is 14.8 Å². The highest BCUT2D eigenvalue weighted by molar-refractivity contribution is 5.81. The Hall–Kier alpha value is -1.88. The van der Waals surface area contributed by atoms with E-state index >= 15 is 0 Å². The summed E-state index contributed by atoms with van der Waals surface area (Å²) in [7, 11) is 1.64. The van der Waals surface area contributed by atoms with E-state index in [1.807, 2.05) is 12.1 Å². The predicted molar refractivity (Wildman–Crippen MR) is 68.0 cm³/mol. The molecular weight excluding hydrogens is 230 g/mol. The molecule has 1 unspecified atom stereocenters. The van der Waals surface area contributed by atoms with Crippen molar-refractivity contribution in [1.82, 2.24) is 15.3 Å². The fraction of sp³-hybridized carbons (Fsp3) is 0.385. The van der Waals surface area contributed by atoms with Gasteiger partial charge in [-0.1, -0.05) is 0 Å². The standard InChI is InChI=1S/C13H15N3O2/c1-17-12-4-9-6-15-8-16-11(9)5-13(12)18-10-2-3-14-7-10/h4-6,8,10,14H,2-3,7H2,1H3. The average Bonchev–Trinajstić information content (AvgIpc) is 2.91. The molecule has 0 spiro atoms. The van der Waals surface area contributed by atoms with E-state index in [0.717, 1.165) is 41.9 Å². The minimum absolute atomic E-state index is 0.207. The first-order valence-electron chi connectivity index (χ1n) is 6.02. The molecule has 1 aliphatic rings. The first kappa shape index (κ1) is 11.2. The molecule has 0 aliphatic carbocycles. The second-order valence-electron chi connectivity index (χ2n) is 4.32. The van der Waals surface area contributed by atoms with Crippen LogP contribution in [0.4, 0.5) is 0 Å². The van der Waals surface area contributed by atoms with Crippen molar-refractivity contribution in [2.75, 3.05) is 20.2 Å². The number of hydrogen-bond donors (Lipinski definition) is 1. The molecule has 0 bridgehead atoms. The van der Waals surface area contributed by atoms with Crippen LogP contribution in [-0.2, 0) is 0 Å². The molecule has 0 radical (unpaired) electrons. The number of aromatic nitrogens is 2. The molecule has 94 valence electrons. The Bertz CT molecular complexity index is 553. The first-order valence-corrected chi connectivity index (χ1v) is 6.02. The fourth-order valence-corrected chi connectivity index (χ4v) is 2.15. The zero-order valence-corrected chi connectivity index (χ0v) is 10.2. The third kappa shape index (κ3) is 2.09. The number of ether oxygens (including phenoxy) is 2.